The number of fused-ring (bicyclic) bond motifs is 1. The Balaban J connectivity index is 1.57. The lowest BCUT2D eigenvalue weighted by Crippen LogP contribution is -2.39. The van der Waals surface area contributed by atoms with Gasteiger partial charge in [-0.25, -0.2) is 5.01 Å². The molecule has 0 saturated carbocycles. The first kappa shape index (κ1) is 18.9. The molecule has 0 bridgehead atoms. The number of rotatable bonds is 3. The number of nitrogens with zero attached hydrogens (tertiary/aromatic N) is 1. The molecule has 0 aromatic heterocycles. The summed E-state index contributed by atoms with van der Waals surface area (Å²) in [6, 6.07) is 28.7. The first-order valence-electron chi connectivity index (χ1n) is 10.3. The molecule has 4 aromatic carbocycles. The first-order chi connectivity index (χ1) is 15.1. The second kappa shape index (κ2) is 7.65. The van der Waals surface area contributed by atoms with Crippen LogP contribution in [-0.2, 0) is 0 Å². The minimum Gasteiger partial charge on any atom is -0.507 e. The van der Waals surface area contributed by atoms with E-state index < -0.39 is 0 Å². The third-order valence-electron chi connectivity index (χ3n) is 5.69. The number of benzene rings is 4. The van der Waals surface area contributed by atoms with Crippen LogP contribution in [0.2, 0.25) is 0 Å². The highest BCUT2D eigenvalue weighted by molar-refractivity contribution is 5.97. The van der Waals surface area contributed by atoms with Crippen LogP contribution in [-0.4, -0.2) is 16.0 Å². The van der Waals surface area contributed by atoms with E-state index in [9.17, 15) is 9.90 Å². The lowest BCUT2D eigenvalue weighted by atomic mass is 10.0. The minimum atomic E-state index is -0.295. The molecule has 0 unspecified atom stereocenters. The van der Waals surface area contributed by atoms with Crippen molar-refractivity contribution in [3.8, 4) is 5.75 Å². The minimum absolute atomic E-state index is 0.125. The Morgan fingerprint density at radius 1 is 0.871 bits per heavy atom. The van der Waals surface area contributed by atoms with Gasteiger partial charge in [-0.15, -0.1) is 0 Å². The van der Waals surface area contributed by atoms with E-state index in [1.165, 1.54) is 0 Å². The molecule has 0 spiro atoms. The molecule has 0 aliphatic carbocycles. The highest BCUT2D eigenvalue weighted by Gasteiger charge is 2.32. The van der Waals surface area contributed by atoms with E-state index in [2.05, 4.69) is 5.43 Å². The molecule has 2 N–H and O–H groups in total. The lowest BCUT2D eigenvalue weighted by Gasteiger charge is -2.26. The van der Waals surface area contributed by atoms with E-state index in [0.29, 0.717) is 16.8 Å². The van der Waals surface area contributed by atoms with Gasteiger partial charge in [0.05, 0.1) is 11.7 Å². The second-order valence-electron chi connectivity index (χ2n) is 7.77. The van der Waals surface area contributed by atoms with Crippen molar-refractivity contribution in [1.82, 2.24) is 10.4 Å². The van der Waals surface area contributed by atoms with Crippen LogP contribution in [0.25, 0.3) is 16.5 Å². The maximum Gasteiger partial charge on any atom is 0.273 e. The molecule has 4 heteroatoms. The topological polar surface area (TPSA) is 52.6 Å². The van der Waals surface area contributed by atoms with Gasteiger partial charge in [0, 0.05) is 16.5 Å². The van der Waals surface area contributed by atoms with Crippen LogP contribution in [0.3, 0.4) is 0 Å². The van der Waals surface area contributed by atoms with E-state index in [1.54, 1.807) is 5.01 Å². The zero-order chi connectivity index (χ0) is 21.4. The zero-order valence-electron chi connectivity index (χ0n) is 17.1. The molecule has 1 atom stereocenters. The van der Waals surface area contributed by atoms with Crippen LogP contribution in [0.15, 0.2) is 97.1 Å². The number of carbonyl (C=O) groups excluding carboxylic acids is 1. The quantitative estimate of drug-likeness (QED) is 0.466. The zero-order valence-corrected chi connectivity index (χ0v) is 17.1. The average Bonchev–Trinajstić information content (AvgIpc) is 3.25. The third-order valence-corrected chi connectivity index (χ3v) is 5.69. The summed E-state index contributed by atoms with van der Waals surface area (Å²) in [5.74, 6) is 0.0775. The number of amides is 1. The average molecular weight is 406 g/mol. The van der Waals surface area contributed by atoms with Gasteiger partial charge in [0.25, 0.3) is 5.91 Å². The first-order valence-corrected chi connectivity index (χ1v) is 10.3. The Morgan fingerprint density at radius 2 is 1.58 bits per heavy atom. The highest BCUT2D eigenvalue weighted by atomic mass is 16.3. The smallest absolute Gasteiger partial charge is 0.273 e. The van der Waals surface area contributed by atoms with E-state index in [1.807, 2.05) is 104 Å². The maximum absolute atomic E-state index is 13.4. The van der Waals surface area contributed by atoms with Gasteiger partial charge < -0.3 is 5.11 Å². The molecular formula is C27H22N2O2. The number of phenolic OH excluding ortho intramolecular Hbond substituents is 1. The molecule has 5 rings (SSSR count). The van der Waals surface area contributed by atoms with Crippen molar-refractivity contribution in [2.75, 3.05) is 0 Å². The fourth-order valence-electron chi connectivity index (χ4n) is 4.00. The molecule has 0 radical (unpaired) electrons. The van der Waals surface area contributed by atoms with Gasteiger partial charge in [-0.3, -0.25) is 10.2 Å². The van der Waals surface area contributed by atoms with Gasteiger partial charge in [-0.2, -0.15) is 0 Å². The molecular weight excluding hydrogens is 384 g/mol. The van der Waals surface area contributed by atoms with Crippen LogP contribution in [0, 0.1) is 6.92 Å². The number of carbonyl (C=O) groups is 1. The van der Waals surface area contributed by atoms with Crippen molar-refractivity contribution in [3.05, 3.63) is 119 Å². The molecule has 1 aliphatic rings. The number of hydrazine groups is 1. The van der Waals surface area contributed by atoms with Crippen LogP contribution < -0.4 is 5.43 Å². The fraction of sp³-hybridized carbons (Fsp3) is 0.0741. The largest absolute Gasteiger partial charge is 0.507 e. The van der Waals surface area contributed by atoms with Gasteiger partial charge in [0.15, 0.2) is 0 Å². The van der Waals surface area contributed by atoms with Crippen molar-refractivity contribution in [2.24, 2.45) is 0 Å². The van der Waals surface area contributed by atoms with Crippen molar-refractivity contribution in [1.29, 1.82) is 0 Å². The molecule has 152 valence electrons. The maximum atomic E-state index is 13.4. The predicted molar refractivity (Wildman–Crippen MR) is 123 cm³/mol. The van der Waals surface area contributed by atoms with Crippen molar-refractivity contribution < 1.29 is 9.90 Å². The molecule has 4 aromatic rings. The van der Waals surface area contributed by atoms with Gasteiger partial charge in [0.2, 0.25) is 0 Å². The Hall–Kier alpha value is -4.05. The number of phenols is 1. The van der Waals surface area contributed by atoms with E-state index in [4.69, 9.17) is 0 Å². The summed E-state index contributed by atoms with van der Waals surface area (Å²) in [4.78, 5) is 13.4. The predicted octanol–water partition coefficient (Wildman–Crippen LogP) is 5.60. The highest BCUT2D eigenvalue weighted by Crippen LogP contribution is 2.38. The van der Waals surface area contributed by atoms with Crippen LogP contribution in [0.5, 0.6) is 5.75 Å². The fourth-order valence-corrected chi connectivity index (χ4v) is 4.00. The number of hydrogen-bond donors (Lipinski definition) is 2. The Morgan fingerprint density at radius 3 is 2.35 bits per heavy atom. The molecule has 4 nitrogen and oxygen atoms in total. The normalized spacial score (nSPS) is 15.6. The Kier molecular flexibility index (Phi) is 4.68. The summed E-state index contributed by atoms with van der Waals surface area (Å²) >= 11 is 0. The monoisotopic (exact) mass is 406 g/mol. The van der Waals surface area contributed by atoms with E-state index >= 15 is 0 Å². The van der Waals surface area contributed by atoms with Gasteiger partial charge in [-0.1, -0.05) is 78.4 Å². The van der Waals surface area contributed by atoms with Gasteiger partial charge >= 0.3 is 0 Å². The van der Waals surface area contributed by atoms with Crippen molar-refractivity contribution >= 4 is 22.4 Å². The SMILES string of the molecule is Cc1ccc(C(=O)N2NC(c3ccc4ccccc4c3O)=C[C@@H]2c2ccccc2)cc1. The Bertz CT molecular complexity index is 1290. The van der Waals surface area contributed by atoms with Crippen LogP contribution in [0.1, 0.15) is 33.1 Å². The summed E-state index contributed by atoms with van der Waals surface area (Å²) in [7, 11) is 0. The number of aryl methyl sites for hydroxylation is 1. The van der Waals surface area contributed by atoms with E-state index in [0.717, 1.165) is 21.9 Å². The van der Waals surface area contributed by atoms with Crippen LogP contribution in [0.4, 0.5) is 0 Å². The Labute approximate surface area is 181 Å². The number of hydrogen-bond acceptors (Lipinski definition) is 3. The summed E-state index contributed by atoms with van der Waals surface area (Å²) in [6.45, 7) is 2.00. The molecule has 1 heterocycles. The molecule has 1 aliphatic heterocycles. The van der Waals surface area contributed by atoms with Gasteiger partial charge in [-0.05, 0) is 42.1 Å². The summed E-state index contributed by atoms with van der Waals surface area (Å²) in [5.41, 5.74) is 7.33. The summed E-state index contributed by atoms with van der Waals surface area (Å²) in [6.07, 6.45) is 1.99. The van der Waals surface area contributed by atoms with E-state index in [-0.39, 0.29) is 17.7 Å². The number of aromatic hydroxyl groups is 1. The standard InChI is InChI=1S/C27H22N2O2/c1-18-11-13-21(14-12-18)27(31)29-25(20-8-3-2-4-9-20)17-24(28-29)23-16-15-19-7-5-6-10-22(19)26(23)30/h2-17,25,28,30H,1H3/t25-/m1/s1. The van der Waals surface area contributed by atoms with Gasteiger partial charge in [0.1, 0.15) is 5.75 Å². The molecule has 1 amide bonds. The molecule has 31 heavy (non-hydrogen) atoms. The molecule has 0 fully saturated rings. The third kappa shape index (κ3) is 3.42. The number of nitrogens with one attached hydrogen (secondary N) is 1. The summed E-state index contributed by atoms with van der Waals surface area (Å²) in [5, 5.41) is 14.3. The van der Waals surface area contributed by atoms with Crippen molar-refractivity contribution in [2.45, 2.75) is 13.0 Å². The van der Waals surface area contributed by atoms with Crippen molar-refractivity contribution in [3.63, 3.8) is 0 Å². The lowest BCUT2D eigenvalue weighted by molar-refractivity contribution is 0.0672. The molecule has 0 saturated heterocycles. The summed E-state index contributed by atoms with van der Waals surface area (Å²) < 4.78 is 0. The van der Waals surface area contributed by atoms with Crippen LogP contribution >= 0.6 is 0 Å². The second-order valence-corrected chi connectivity index (χ2v) is 7.77.